The van der Waals surface area contributed by atoms with E-state index in [0.29, 0.717) is 5.69 Å². The minimum absolute atomic E-state index is 0.132. The van der Waals surface area contributed by atoms with E-state index in [1.54, 1.807) is 39.0 Å². The summed E-state index contributed by atoms with van der Waals surface area (Å²) >= 11 is 5.71. The van der Waals surface area contributed by atoms with Crippen molar-refractivity contribution in [3.63, 3.8) is 0 Å². The Morgan fingerprint density at radius 1 is 1.50 bits per heavy atom. The molecule has 1 rings (SSSR count). The third-order valence-corrected chi connectivity index (χ3v) is 3.07. The van der Waals surface area contributed by atoms with Crippen molar-refractivity contribution in [2.24, 2.45) is 5.41 Å². The predicted molar refractivity (Wildman–Crippen MR) is 66.0 cm³/mol. The van der Waals surface area contributed by atoms with E-state index in [0.717, 1.165) is 5.56 Å². The molecule has 0 bridgehead atoms. The van der Waals surface area contributed by atoms with Gasteiger partial charge in [-0.1, -0.05) is 0 Å². The number of amides is 1. The van der Waals surface area contributed by atoms with Crippen molar-refractivity contribution in [3.8, 4) is 5.75 Å². The van der Waals surface area contributed by atoms with Crippen LogP contribution in [0.25, 0.3) is 0 Å². The van der Waals surface area contributed by atoms with Crippen molar-refractivity contribution in [2.45, 2.75) is 20.8 Å². The van der Waals surface area contributed by atoms with Gasteiger partial charge in [-0.2, -0.15) is 0 Å². The minimum atomic E-state index is -0.604. The lowest BCUT2D eigenvalue weighted by Crippen LogP contribution is -2.32. The third kappa shape index (κ3) is 2.89. The highest BCUT2D eigenvalue weighted by molar-refractivity contribution is 6.20. The molecule has 4 heteroatoms. The fraction of sp³-hybridized carbons (Fsp3) is 0.417. The van der Waals surface area contributed by atoms with Crippen molar-refractivity contribution < 1.29 is 9.90 Å². The summed E-state index contributed by atoms with van der Waals surface area (Å²) in [5.74, 6) is 0.345. The van der Waals surface area contributed by atoms with Gasteiger partial charge in [-0.05, 0) is 44.5 Å². The van der Waals surface area contributed by atoms with E-state index in [9.17, 15) is 9.90 Å². The van der Waals surface area contributed by atoms with Crippen molar-refractivity contribution in [1.29, 1.82) is 0 Å². The lowest BCUT2D eigenvalue weighted by Gasteiger charge is -2.20. The maximum atomic E-state index is 11.8. The van der Waals surface area contributed by atoms with Crippen LogP contribution in [-0.4, -0.2) is 16.9 Å². The third-order valence-electron chi connectivity index (χ3n) is 2.40. The molecule has 0 aliphatic rings. The van der Waals surface area contributed by atoms with Crippen LogP contribution in [0.2, 0.25) is 0 Å². The Morgan fingerprint density at radius 3 is 2.62 bits per heavy atom. The standard InChI is InChI=1S/C12H16ClNO2/c1-8-6-9(4-5-10(8)15)14-11(16)12(2,3)7-13/h4-6,15H,7H2,1-3H3,(H,14,16). The summed E-state index contributed by atoms with van der Waals surface area (Å²) in [6, 6.07) is 4.93. The van der Waals surface area contributed by atoms with Crippen LogP contribution in [0.3, 0.4) is 0 Å². The highest BCUT2D eigenvalue weighted by Gasteiger charge is 2.26. The molecule has 0 spiro atoms. The quantitative estimate of drug-likeness (QED) is 0.632. The maximum absolute atomic E-state index is 11.8. The Balaban J connectivity index is 2.82. The molecule has 2 N–H and O–H groups in total. The van der Waals surface area contributed by atoms with Gasteiger partial charge in [0, 0.05) is 11.6 Å². The van der Waals surface area contributed by atoms with Crippen molar-refractivity contribution >= 4 is 23.2 Å². The lowest BCUT2D eigenvalue weighted by molar-refractivity contribution is -0.122. The SMILES string of the molecule is Cc1cc(NC(=O)C(C)(C)CCl)ccc1O. The number of nitrogens with one attached hydrogen (secondary N) is 1. The van der Waals surface area contributed by atoms with Gasteiger partial charge in [0.25, 0.3) is 0 Å². The molecule has 0 heterocycles. The predicted octanol–water partition coefficient (Wildman–Crippen LogP) is 2.90. The van der Waals surface area contributed by atoms with Crippen LogP contribution >= 0.6 is 11.6 Å². The summed E-state index contributed by atoms with van der Waals surface area (Å²) in [7, 11) is 0. The molecule has 0 aromatic heterocycles. The maximum Gasteiger partial charge on any atom is 0.231 e. The number of carbonyl (C=O) groups excluding carboxylic acids is 1. The van der Waals surface area contributed by atoms with E-state index in [1.807, 2.05) is 0 Å². The van der Waals surface area contributed by atoms with E-state index < -0.39 is 5.41 Å². The number of aromatic hydroxyl groups is 1. The molecule has 0 unspecified atom stereocenters. The number of hydrogen-bond acceptors (Lipinski definition) is 2. The van der Waals surface area contributed by atoms with Gasteiger partial charge >= 0.3 is 0 Å². The number of aryl methyl sites for hydroxylation is 1. The highest BCUT2D eigenvalue weighted by atomic mass is 35.5. The Hall–Kier alpha value is -1.22. The second-order valence-corrected chi connectivity index (χ2v) is 4.74. The summed E-state index contributed by atoms with van der Waals surface area (Å²) in [5.41, 5.74) is 0.785. The zero-order chi connectivity index (χ0) is 12.3. The van der Waals surface area contributed by atoms with Crippen LogP contribution in [0, 0.1) is 12.3 Å². The molecule has 1 amide bonds. The molecular weight excluding hydrogens is 226 g/mol. The number of carbonyl (C=O) groups is 1. The molecule has 0 aliphatic carbocycles. The molecule has 1 aromatic rings. The normalized spacial score (nSPS) is 11.2. The molecule has 1 aromatic carbocycles. The van der Waals surface area contributed by atoms with Gasteiger partial charge in [0.05, 0.1) is 5.41 Å². The molecular formula is C12H16ClNO2. The van der Waals surface area contributed by atoms with E-state index in [4.69, 9.17) is 11.6 Å². The molecule has 16 heavy (non-hydrogen) atoms. The number of halogens is 1. The fourth-order valence-electron chi connectivity index (χ4n) is 1.09. The number of phenolic OH excluding ortho intramolecular Hbond substituents is 1. The molecule has 88 valence electrons. The molecule has 0 atom stereocenters. The largest absolute Gasteiger partial charge is 0.508 e. The summed E-state index contributed by atoms with van der Waals surface area (Å²) in [6.45, 7) is 5.34. The van der Waals surface area contributed by atoms with E-state index in [2.05, 4.69) is 5.32 Å². The summed E-state index contributed by atoms with van der Waals surface area (Å²) in [6.07, 6.45) is 0. The number of alkyl halides is 1. The minimum Gasteiger partial charge on any atom is -0.508 e. The number of rotatable bonds is 3. The Labute approximate surface area is 100 Å². The topological polar surface area (TPSA) is 49.3 Å². The Kier molecular flexibility index (Phi) is 3.81. The van der Waals surface area contributed by atoms with Crippen molar-refractivity contribution in [2.75, 3.05) is 11.2 Å². The highest BCUT2D eigenvalue weighted by Crippen LogP contribution is 2.23. The number of hydrogen-bond donors (Lipinski definition) is 2. The van der Waals surface area contributed by atoms with Gasteiger partial charge < -0.3 is 10.4 Å². The fourth-order valence-corrected chi connectivity index (χ4v) is 1.22. The average molecular weight is 242 g/mol. The first-order valence-electron chi connectivity index (χ1n) is 5.04. The average Bonchev–Trinajstić information content (AvgIpc) is 2.23. The summed E-state index contributed by atoms with van der Waals surface area (Å²) in [5, 5.41) is 12.1. The molecule has 0 aliphatic heterocycles. The van der Waals surface area contributed by atoms with Gasteiger partial charge in [0.1, 0.15) is 5.75 Å². The zero-order valence-corrected chi connectivity index (χ0v) is 10.4. The molecule has 0 saturated heterocycles. The first-order valence-corrected chi connectivity index (χ1v) is 5.57. The van der Waals surface area contributed by atoms with E-state index in [1.165, 1.54) is 0 Å². The van der Waals surface area contributed by atoms with Gasteiger partial charge in [-0.15, -0.1) is 11.6 Å². The Morgan fingerprint density at radius 2 is 2.12 bits per heavy atom. The number of benzene rings is 1. The summed E-state index contributed by atoms with van der Waals surface area (Å²) in [4.78, 5) is 11.8. The van der Waals surface area contributed by atoms with Gasteiger partial charge in [-0.3, -0.25) is 4.79 Å². The van der Waals surface area contributed by atoms with Gasteiger partial charge in [0.15, 0.2) is 0 Å². The van der Waals surface area contributed by atoms with Gasteiger partial charge in [0.2, 0.25) is 5.91 Å². The van der Waals surface area contributed by atoms with Crippen LogP contribution < -0.4 is 5.32 Å². The second-order valence-electron chi connectivity index (χ2n) is 4.47. The van der Waals surface area contributed by atoms with Crippen molar-refractivity contribution in [1.82, 2.24) is 0 Å². The monoisotopic (exact) mass is 241 g/mol. The lowest BCUT2D eigenvalue weighted by atomic mass is 9.95. The molecule has 0 fully saturated rings. The van der Waals surface area contributed by atoms with Crippen molar-refractivity contribution in [3.05, 3.63) is 23.8 Å². The Bertz CT molecular complexity index is 402. The van der Waals surface area contributed by atoms with Crippen LogP contribution in [0.15, 0.2) is 18.2 Å². The van der Waals surface area contributed by atoms with Crippen LogP contribution in [0.5, 0.6) is 5.75 Å². The number of anilines is 1. The molecule has 0 radical (unpaired) electrons. The molecule has 3 nitrogen and oxygen atoms in total. The first-order chi connectivity index (χ1) is 7.36. The molecule has 0 saturated carbocycles. The van der Waals surface area contributed by atoms with Gasteiger partial charge in [-0.25, -0.2) is 0 Å². The van der Waals surface area contributed by atoms with E-state index in [-0.39, 0.29) is 17.5 Å². The first kappa shape index (κ1) is 12.8. The van der Waals surface area contributed by atoms with Crippen LogP contribution in [0.4, 0.5) is 5.69 Å². The van der Waals surface area contributed by atoms with Crippen LogP contribution in [-0.2, 0) is 4.79 Å². The second kappa shape index (κ2) is 4.74. The van der Waals surface area contributed by atoms with Crippen LogP contribution in [0.1, 0.15) is 19.4 Å². The smallest absolute Gasteiger partial charge is 0.231 e. The number of phenols is 1. The van der Waals surface area contributed by atoms with E-state index >= 15 is 0 Å². The zero-order valence-electron chi connectivity index (χ0n) is 9.67. The summed E-state index contributed by atoms with van der Waals surface area (Å²) < 4.78 is 0.